The molecule has 38 heavy (non-hydrogen) atoms. The van der Waals surface area contributed by atoms with Crippen molar-refractivity contribution in [2.24, 2.45) is 5.92 Å². The Kier molecular flexibility index (Phi) is 6.12. The highest BCUT2D eigenvalue weighted by molar-refractivity contribution is 5.97. The van der Waals surface area contributed by atoms with E-state index >= 15 is 0 Å². The van der Waals surface area contributed by atoms with Gasteiger partial charge in [-0.1, -0.05) is 30.3 Å². The molecule has 2 aromatic carbocycles. The highest BCUT2D eigenvalue weighted by Gasteiger charge is 2.43. The molecule has 1 aromatic heterocycles. The minimum atomic E-state index is -0.775. The molecule has 3 unspecified atom stereocenters. The number of likely N-dealkylation sites (tertiary alicyclic amines) is 1. The molecule has 5 heterocycles. The van der Waals surface area contributed by atoms with Crippen molar-refractivity contribution in [2.75, 3.05) is 56.2 Å². The highest BCUT2D eigenvalue weighted by atomic mass is 19.1. The largest absolute Gasteiger partial charge is 0.462 e. The first-order valence-corrected chi connectivity index (χ1v) is 14.1. The molecule has 4 atom stereocenters. The molecule has 200 valence electrons. The number of ether oxygens (including phenoxy) is 1. The van der Waals surface area contributed by atoms with E-state index in [4.69, 9.17) is 14.7 Å². The van der Waals surface area contributed by atoms with Crippen LogP contribution in [0.3, 0.4) is 0 Å². The van der Waals surface area contributed by atoms with Crippen LogP contribution in [0.4, 0.5) is 15.9 Å². The van der Waals surface area contributed by atoms with E-state index in [1.165, 1.54) is 34.0 Å². The van der Waals surface area contributed by atoms with Crippen LogP contribution in [0.5, 0.6) is 6.01 Å². The first-order chi connectivity index (χ1) is 18.5. The number of aromatic nitrogens is 2. The number of piperidine rings is 1. The Morgan fingerprint density at radius 1 is 1.08 bits per heavy atom. The molecule has 3 aromatic rings. The SMILES string of the molecule is Cc1cccc2cccc(N3CCc4c(nc(OC[C@@H]5CCCN5C)nc4N4CC5CNC(C4)C5F)C3)c12. The first-order valence-electron chi connectivity index (χ1n) is 14.1. The van der Waals surface area contributed by atoms with Crippen LogP contribution in [-0.2, 0) is 13.0 Å². The Bertz CT molecular complexity index is 1330. The molecule has 2 bridgehead atoms. The molecule has 1 N–H and O–H groups in total. The molecule has 0 amide bonds. The zero-order valence-electron chi connectivity index (χ0n) is 22.4. The maximum absolute atomic E-state index is 14.7. The van der Waals surface area contributed by atoms with Crippen LogP contribution in [0.1, 0.15) is 29.7 Å². The van der Waals surface area contributed by atoms with Gasteiger partial charge in [-0.25, -0.2) is 4.39 Å². The van der Waals surface area contributed by atoms with E-state index in [-0.39, 0.29) is 12.0 Å². The lowest BCUT2D eigenvalue weighted by atomic mass is 9.96. The third-order valence-corrected chi connectivity index (χ3v) is 9.18. The number of benzene rings is 2. The van der Waals surface area contributed by atoms with Crippen molar-refractivity contribution in [1.82, 2.24) is 20.2 Å². The predicted molar refractivity (Wildman–Crippen MR) is 149 cm³/mol. The highest BCUT2D eigenvalue weighted by Crippen LogP contribution is 2.37. The zero-order valence-corrected chi connectivity index (χ0v) is 22.4. The maximum atomic E-state index is 14.7. The summed E-state index contributed by atoms with van der Waals surface area (Å²) < 4.78 is 21.0. The number of fused-ring (bicyclic) bond motifs is 4. The molecule has 4 aliphatic heterocycles. The lowest BCUT2D eigenvalue weighted by molar-refractivity contribution is 0.187. The van der Waals surface area contributed by atoms with Gasteiger partial charge in [0.25, 0.3) is 0 Å². The molecule has 0 aliphatic carbocycles. The summed E-state index contributed by atoms with van der Waals surface area (Å²) >= 11 is 0. The van der Waals surface area contributed by atoms with Crippen molar-refractivity contribution in [3.63, 3.8) is 0 Å². The second kappa shape index (κ2) is 9.65. The second-order valence-corrected chi connectivity index (χ2v) is 11.6. The Labute approximate surface area is 224 Å². The predicted octanol–water partition coefficient (Wildman–Crippen LogP) is 3.72. The fraction of sp³-hybridized carbons (Fsp3) is 0.533. The Morgan fingerprint density at radius 3 is 2.76 bits per heavy atom. The van der Waals surface area contributed by atoms with Gasteiger partial charge in [-0.2, -0.15) is 9.97 Å². The Morgan fingerprint density at radius 2 is 1.95 bits per heavy atom. The number of alkyl halides is 1. The molecule has 7 nitrogen and oxygen atoms in total. The van der Waals surface area contributed by atoms with Crippen LogP contribution < -0.4 is 19.9 Å². The average molecular weight is 517 g/mol. The quantitative estimate of drug-likeness (QED) is 0.555. The standard InChI is InChI=1S/C30H37FN6O/c1-19-6-3-7-20-8-4-10-26(27(19)20)36-13-11-23-24(16-36)33-30(38-18-22-9-5-12-35(22)2)34-29(23)37-15-21-14-32-25(17-37)28(21)31/h3-4,6-8,10,21-22,25,28,32H,5,9,11-18H2,1-2H3/t21?,22-,25?,28?/m0/s1. The normalized spacial score (nSPS) is 27.2. The minimum absolute atomic E-state index is 0.00891. The number of rotatable bonds is 5. The van der Waals surface area contributed by atoms with Crippen LogP contribution in [0.15, 0.2) is 36.4 Å². The summed E-state index contributed by atoms with van der Waals surface area (Å²) in [5.74, 6) is 0.957. The fourth-order valence-electron chi connectivity index (χ4n) is 7.00. The van der Waals surface area contributed by atoms with Crippen LogP contribution in [0.25, 0.3) is 10.8 Å². The molecule has 0 saturated carbocycles. The van der Waals surface area contributed by atoms with Gasteiger partial charge in [-0.3, -0.25) is 0 Å². The Hall–Kier alpha value is -2.97. The van der Waals surface area contributed by atoms with Crippen molar-refractivity contribution in [1.29, 1.82) is 0 Å². The molecule has 0 spiro atoms. The zero-order chi connectivity index (χ0) is 25.8. The van der Waals surface area contributed by atoms with Gasteiger partial charge in [-0.15, -0.1) is 0 Å². The molecular weight excluding hydrogens is 479 g/mol. The average Bonchev–Trinajstić information content (AvgIpc) is 3.41. The summed E-state index contributed by atoms with van der Waals surface area (Å²) in [5.41, 5.74) is 4.76. The summed E-state index contributed by atoms with van der Waals surface area (Å²) in [5, 5.41) is 5.94. The van der Waals surface area contributed by atoms with Gasteiger partial charge in [0, 0.05) is 54.8 Å². The van der Waals surface area contributed by atoms with Crippen molar-refractivity contribution < 1.29 is 9.13 Å². The van der Waals surface area contributed by atoms with Crippen molar-refractivity contribution in [3.05, 3.63) is 53.2 Å². The summed E-state index contributed by atoms with van der Waals surface area (Å²) in [6.07, 6.45) is 2.43. The van der Waals surface area contributed by atoms with E-state index < -0.39 is 6.17 Å². The molecule has 7 rings (SSSR count). The first kappa shape index (κ1) is 24.1. The number of halogens is 1. The maximum Gasteiger partial charge on any atom is 0.318 e. The molecular formula is C30H37FN6O. The van der Waals surface area contributed by atoms with Gasteiger partial charge in [0.2, 0.25) is 0 Å². The number of aryl methyl sites for hydroxylation is 1. The van der Waals surface area contributed by atoms with Gasteiger partial charge >= 0.3 is 6.01 Å². The van der Waals surface area contributed by atoms with Crippen LogP contribution in [0.2, 0.25) is 0 Å². The van der Waals surface area contributed by atoms with Crippen LogP contribution in [-0.4, -0.2) is 79.5 Å². The lowest BCUT2D eigenvalue weighted by Crippen LogP contribution is -2.49. The van der Waals surface area contributed by atoms with E-state index in [1.807, 2.05) is 0 Å². The lowest BCUT2D eigenvalue weighted by Gasteiger charge is -2.38. The second-order valence-electron chi connectivity index (χ2n) is 11.6. The summed E-state index contributed by atoms with van der Waals surface area (Å²) in [7, 11) is 2.16. The van der Waals surface area contributed by atoms with Crippen molar-refractivity contribution in [3.8, 4) is 6.01 Å². The smallest absolute Gasteiger partial charge is 0.318 e. The van der Waals surface area contributed by atoms with Gasteiger partial charge in [0.15, 0.2) is 0 Å². The number of anilines is 2. The number of hydrogen-bond donors (Lipinski definition) is 1. The number of nitrogens with one attached hydrogen (secondary N) is 1. The topological polar surface area (TPSA) is 56.8 Å². The van der Waals surface area contributed by atoms with E-state index in [0.717, 1.165) is 44.0 Å². The monoisotopic (exact) mass is 516 g/mol. The van der Waals surface area contributed by atoms with Gasteiger partial charge in [-0.05, 0) is 56.8 Å². The number of hydrogen-bond acceptors (Lipinski definition) is 7. The summed E-state index contributed by atoms with van der Waals surface area (Å²) in [6, 6.07) is 13.8. The summed E-state index contributed by atoms with van der Waals surface area (Å²) in [4.78, 5) is 17.1. The van der Waals surface area contributed by atoms with E-state index in [2.05, 4.69) is 70.4 Å². The minimum Gasteiger partial charge on any atom is -0.462 e. The van der Waals surface area contributed by atoms with E-state index in [0.29, 0.717) is 38.3 Å². The van der Waals surface area contributed by atoms with Gasteiger partial charge in [0.05, 0.1) is 18.3 Å². The van der Waals surface area contributed by atoms with Crippen molar-refractivity contribution in [2.45, 2.75) is 51.0 Å². The molecule has 0 radical (unpaired) electrons. The molecule has 8 heteroatoms. The number of likely N-dealkylation sites (N-methyl/N-ethyl adjacent to an activating group) is 1. The van der Waals surface area contributed by atoms with E-state index in [1.54, 1.807) is 0 Å². The number of nitrogens with zero attached hydrogens (tertiary/aromatic N) is 5. The molecule has 3 saturated heterocycles. The third-order valence-electron chi connectivity index (χ3n) is 9.18. The summed E-state index contributed by atoms with van der Waals surface area (Å²) in [6.45, 7) is 7.56. The van der Waals surface area contributed by atoms with Crippen molar-refractivity contribution >= 4 is 22.3 Å². The molecule has 4 aliphatic rings. The van der Waals surface area contributed by atoms with Crippen LogP contribution in [0, 0.1) is 12.8 Å². The van der Waals surface area contributed by atoms with Crippen LogP contribution >= 0.6 is 0 Å². The third kappa shape index (κ3) is 4.18. The van der Waals surface area contributed by atoms with E-state index in [9.17, 15) is 4.39 Å². The van der Waals surface area contributed by atoms with Gasteiger partial charge in [0.1, 0.15) is 18.6 Å². The Balaban J connectivity index is 1.23. The van der Waals surface area contributed by atoms with Gasteiger partial charge < -0.3 is 24.8 Å². The fourth-order valence-corrected chi connectivity index (χ4v) is 7.00. The molecule has 3 fully saturated rings.